The van der Waals surface area contributed by atoms with Gasteiger partial charge in [0.05, 0.1) is 0 Å². The van der Waals surface area contributed by atoms with E-state index in [4.69, 9.17) is 0 Å². The minimum Gasteiger partial charge on any atom is -0.311 e. The van der Waals surface area contributed by atoms with Crippen LogP contribution in [0.25, 0.3) is 0 Å². The van der Waals surface area contributed by atoms with Gasteiger partial charge in [0.15, 0.2) is 0 Å². The lowest BCUT2D eigenvalue weighted by atomic mass is 9.73. The van der Waals surface area contributed by atoms with Gasteiger partial charge in [0.25, 0.3) is 0 Å². The highest BCUT2D eigenvalue weighted by atomic mass is 15.0. The highest BCUT2D eigenvalue weighted by molar-refractivity contribution is 5.31. The number of aryl methyl sites for hydroxylation is 1. The summed E-state index contributed by atoms with van der Waals surface area (Å²) in [5.74, 6) is 1.74. The maximum atomic E-state index is 3.99. The quantitative estimate of drug-likeness (QED) is 0.785. The van der Waals surface area contributed by atoms with Crippen molar-refractivity contribution in [2.24, 2.45) is 5.92 Å². The van der Waals surface area contributed by atoms with E-state index in [0.717, 1.165) is 23.9 Å². The third kappa shape index (κ3) is 3.51. The van der Waals surface area contributed by atoms with E-state index < -0.39 is 0 Å². The average Bonchev–Trinajstić information content (AvgIpc) is 2.48. The molecule has 0 saturated heterocycles. The topological polar surface area (TPSA) is 12.0 Å². The monoisotopic (exact) mass is 285 g/mol. The van der Waals surface area contributed by atoms with Crippen molar-refractivity contribution < 1.29 is 0 Å². The Morgan fingerprint density at radius 3 is 2.48 bits per heavy atom. The highest BCUT2D eigenvalue weighted by Crippen LogP contribution is 2.39. The Labute approximate surface area is 130 Å². The lowest BCUT2D eigenvalue weighted by Crippen LogP contribution is -2.48. The van der Waals surface area contributed by atoms with Crippen LogP contribution in [-0.2, 0) is 0 Å². The summed E-state index contributed by atoms with van der Waals surface area (Å²) in [6.07, 6.45) is 11.3. The van der Waals surface area contributed by atoms with Gasteiger partial charge in [0, 0.05) is 12.1 Å². The summed E-state index contributed by atoms with van der Waals surface area (Å²) in [5, 5.41) is 3.99. The molecule has 0 amide bonds. The second-order valence-electron chi connectivity index (χ2n) is 7.30. The molecule has 116 valence electrons. The van der Waals surface area contributed by atoms with Gasteiger partial charge in [-0.1, -0.05) is 50.5 Å². The van der Waals surface area contributed by atoms with Crippen molar-refractivity contribution in [3.05, 3.63) is 35.4 Å². The van der Waals surface area contributed by atoms with Gasteiger partial charge in [0.1, 0.15) is 0 Å². The second-order valence-corrected chi connectivity index (χ2v) is 7.30. The van der Waals surface area contributed by atoms with Crippen LogP contribution >= 0.6 is 0 Å². The molecule has 0 aliphatic heterocycles. The third-order valence-electron chi connectivity index (χ3n) is 5.87. The Kier molecular flexibility index (Phi) is 5.00. The van der Waals surface area contributed by atoms with Crippen LogP contribution in [0.2, 0.25) is 0 Å². The molecule has 0 aromatic heterocycles. The molecule has 1 atom stereocenters. The lowest BCUT2D eigenvalue weighted by molar-refractivity contribution is 0.197. The standard InChI is InChI=1S/C20H31N/c1-3-20(16-10-5-4-6-11-16)21-18-13-17(14-18)19-12-8-7-9-15(19)2/h7-9,12,16-18,20-21H,3-6,10-11,13-14H2,1-2H3. The van der Waals surface area contributed by atoms with E-state index in [1.807, 2.05) is 0 Å². The van der Waals surface area contributed by atoms with Gasteiger partial charge in [-0.25, -0.2) is 0 Å². The molecule has 0 heterocycles. The molecule has 0 bridgehead atoms. The van der Waals surface area contributed by atoms with Crippen LogP contribution in [0.1, 0.15) is 75.3 Å². The highest BCUT2D eigenvalue weighted by Gasteiger charge is 2.33. The van der Waals surface area contributed by atoms with Crippen LogP contribution in [0.5, 0.6) is 0 Å². The van der Waals surface area contributed by atoms with Crippen LogP contribution in [0, 0.1) is 12.8 Å². The molecule has 1 nitrogen and oxygen atoms in total. The summed E-state index contributed by atoms with van der Waals surface area (Å²) in [5.41, 5.74) is 3.06. The minimum atomic E-state index is 0.765. The van der Waals surface area contributed by atoms with E-state index in [1.54, 1.807) is 5.56 Å². The zero-order valence-corrected chi connectivity index (χ0v) is 13.8. The number of nitrogens with one attached hydrogen (secondary N) is 1. The smallest absolute Gasteiger partial charge is 0.00952 e. The molecule has 2 saturated carbocycles. The fourth-order valence-electron chi connectivity index (χ4n) is 4.48. The first-order valence-electron chi connectivity index (χ1n) is 9.09. The summed E-state index contributed by atoms with van der Waals surface area (Å²) in [7, 11) is 0. The van der Waals surface area contributed by atoms with Gasteiger partial charge in [-0.2, -0.15) is 0 Å². The zero-order valence-electron chi connectivity index (χ0n) is 13.8. The van der Waals surface area contributed by atoms with Gasteiger partial charge in [-0.05, 0) is 62.0 Å². The van der Waals surface area contributed by atoms with Gasteiger partial charge in [-0.15, -0.1) is 0 Å². The Morgan fingerprint density at radius 1 is 1.10 bits per heavy atom. The maximum Gasteiger partial charge on any atom is 0.00952 e. The average molecular weight is 285 g/mol. The van der Waals surface area contributed by atoms with Crippen LogP contribution in [0.4, 0.5) is 0 Å². The molecule has 2 fully saturated rings. The van der Waals surface area contributed by atoms with E-state index in [9.17, 15) is 0 Å². The van der Waals surface area contributed by atoms with E-state index in [2.05, 4.69) is 43.4 Å². The van der Waals surface area contributed by atoms with Gasteiger partial charge < -0.3 is 5.32 Å². The third-order valence-corrected chi connectivity index (χ3v) is 5.87. The Balaban J connectivity index is 1.50. The molecule has 0 spiro atoms. The fraction of sp³-hybridized carbons (Fsp3) is 0.700. The summed E-state index contributed by atoms with van der Waals surface area (Å²) in [4.78, 5) is 0. The van der Waals surface area contributed by atoms with E-state index in [0.29, 0.717) is 0 Å². The molecular weight excluding hydrogens is 254 g/mol. The molecule has 1 unspecified atom stereocenters. The Bertz CT molecular complexity index is 441. The van der Waals surface area contributed by atoms with Crippen molar-refractivity contribution in [2.75, 3.05) is 0 Å². The molecule has 1 heteroatoms. The van der Waals surface area contributed by atoms with Crippen molar-refractivity contribution >= 4 is 0 Å². The van der Waals surface area contributed by atoms with Crippen LogP contribution in [0.15, 0.2) is 24.3 Å². The summed E-state index contributed by atoms with van der Waals surface area (Å²) < 4.78 is 0. The van der Waals surface area contributed by atoms with Crippen molar-refractivity contribution in [1.82, 2.24) is 5.32 Å². The largest absolute Gasteiger partial charge is 0.311 e. The number of benzene rings is 1. The molecule has 0 radical (unpaired) electrons. The van der Waals surface area contributed by atoms with Crippen molar-refractivity contribution in [3.8, 4) is 0 Å². The predicted octanol–water partition coefficient (Wildman–Crippen LogP) is 5.19. The van der Waals surface area contributed by atoms with E-state index >= 15 is 0 Å². The summed E-state index contributed by atoms with van der Waals surface area (Å²) in [6, 6.07) is 10.5. The summed E-state index contributed by atoms with van der Waals surface area (Å²) in [6.45, 7) is 4.62. The maximum absolute atomic E-state index is 3.99. The van der Waals surface area contributed by atoms with Gasteiger partial charge >= 0.3 is 0 Å². The molecule has 2 aliphatic carbocycles. The fourth-order valence-corrected chi connectivity index (χ4v) is 4.48. The van der Waals surface area contributed by atoms with E-state index in [-0.39, 0.29) is 0 Å². The van der Waals surface area contributed by atoms with Crippen molar-refractivity contribution in [3.63, 3.8) is 0 Å². The molecule has 2 aliphatic rings. The van der Waals surface area contributed by atoms with Crippen LogP contribution < -0.4 is 5.32 Å². The molecule has 3 rings (SSSR count). The molecule has 1 aromatic rings. The minimum absolute atomic E-state index is 0.765. The Morgan fingerprint density at radius 2 is 1.81 bits per heavy atom. The number of rotatable bonds is 5. The van der Waals surface area contributed by atoms with Crippen molar-refractivity contribution in [1.29, 1.82) is 0 Å². The second kappa shape index (κ2) is 6.96. The molecule has 1 aromatic carbocycles. The SMILES string of the molecule is CCC(NC1CC(c2ccccc2C)C1)C1CCCCC1. The van der Waals surface area contributed by atoms with Crippen molar-refractivity contribution in [2.45, 2.75) is 83.2 Å². The normalized spacial score (nSPS) is 28.1. The zero-order chi connectivity index (χ0) is 14.7. The molecule has 21 heavy (non-hydrogen) atoms. The van der Waals surface area contributed by atoms with Crippen LogP contribution in [-0.4, -0.2) is 12.1 Å². The van der Waals surface area contributed by atoms with Gasteiger partial charge in [-0.3, -0.25) is 0 Å². The number of hydrogen-bond acceptors (Lipinski definition) is 1. The van der Waals surface area contributed by atoms with Crippen LogP contribution in [0.3, 0.4) is 0 Å². The summed E-state index contributed by atoms with van der Waals surface area (Å²) >= 11 is 0. The number of hydrogen-bond donors (Lipinski definition) is 1. The first kappa shape index (κ1) is 15.1. The molecule has 1 N–H and O–H groups in total. The Hall–Kier alpha value is -0.820. The molecular formula is C20H31N. The predicted molar refractivity (Wildman–Crippen MR) is 90.7 cm³/mol. The van der Waals surface area contributed by atoms with E-state index in [1.165, 1.54) is 56.9 Å². The van der Waals surface area contributed by atoms with Gasteiger partial charge in [0.2, 0.25) is 0 Å². The first-order chi connectivity index (χ1) is 10.3. The lowest BCUT2D eigenvalue weighted by Gasteiger charge is -2.41. The first-order valence-corrected chi connectivity index (χ1v) is 9.09.